The van der Waals surface area contributed by atoms with E-state index in [1.54, 1.807) is 0 Å². The third-order valence-corrected chi connectivity index (χ3v) is 9.22. The van der Waals surface area contributed by atoms with Gasteiger partial charge in [0.25, 0.3) is 11.8 Å². The highest BCUT2D eigenvalue weighted by atomic mass is 32.2. The van der Waals surface area contributed by atoms with Gasteiger partial charge >= 0.3 is 11.9 Å². The zero-order valence-electron chi connectivity index (χ0n) is 21.3. The van der Waals surface area contributed by atoms with Crippen molar-refractivity contribution in [2.24, 2.45) is 19.3 Å². The maximum Gasteiger partial charge on any atom is 0.352 e. The molecule has 0 bridgehead atoms. The number of carbonyl (C=O) groups is 4. The quantitative estimate of drug-likeness (QED) is 0.0948. The Hall–Kier alpha value is -3.57. The number of rotatable bonds is 10. The van der Waals surface area contributed by atoms with Crippen LogP contribution < -0.4 is 15.7 Å². The van der Waals surface area contributed by atoms with E-state index in [2.05, 4.69) is 15.5 Å². The molecule has 1 fully saturated rings. The minimum atomic E-state index is -1.75. The van der Waals surface area contributed by atoms with E-state index in [4.69, 9.17) is 10.6 Å². The van der Waals surface area contributed by atoms with Gasteiger partial charge in [-0.2, -0.15) is 4.68 Å². The van der Waals surface area contributed by atoms with Gasteiger partial charge < -0.3 is 26.1 Å². The largest absolute Gasteiger partial charge is 0.478 e. The fourth-order valence-corrected chi connectivity index (χ4v) is 6.70. The summed E-state index contributed by atoms with van der Waals surface area (Å²) in [6.45, 7) is 2.51. The molecule has 0 spiro atoms. The molecule has 2 aromatic heterocycles. The first-order chi connectivity index (χ1) is 18.3. The van der Waals surface area contributed by atoms with Gasteiger partial charge in [-0.25, -0.2) is 14.6 Å². The number of aliphatic carboxylic acids is 2. The summed E-state index contributed by atoms with van der Waals surface area (Å²) >= 11 is 3.83. The molecule has 0 aromatic carbocycles. The zero-order valence-corrected chi connectivity index (χ0v) is 23.7. The van der Waals surface area contributed by atoms with Crippen molar-refractivity contribution in [1.29, 1.82) is 0 Å². The average molecular weight is 597 g/mol. The van der Waals surface area contributed by atoms with E-state index in [1.165, 1.54) is 47.7 Å². The van der Waals surface area contributed by atoms with Gasteiger partial charge in [0.15, 0.2) is 24.1 Å². The smallest absolute Gasteiger partial charge is 0.352 e. The van der Waals surface area contributed by atoms with Crippen LogP contribution in [0.1, 0.15) is 19.5 Å². The molecule has 17 heteroatoms. The number of aryl methyl sites for hydroxylation is 1. The first-order valence-corrected chi connectivity index (χ1v) is 14.3. The molecule has 208 valence electrons. The number of nitrogens with zero attached hydrogens (tertiary/aromatic N) is 5. The number of hydrogen-bond donors (Lipinski definition) is 4. The third-order valence-electron chi connectivity index (χ3n) is 6.02. The summed E-state index contributed by atoms with van der Waals surface area (Å²) in [4.78, 5) is 60.1. The van der Waals surface area contributed by atoms with E-state index in [0.717, 1.165) is 16.4 Å². The molecule has 4 rings (SSSR count). The summed E-state index contributed by atoms with van der Waals surface area (Å²) in [5.74, 6) is -3.25. The normalized spacial score (nSPS) is 19.4. The highest BCUT2D eigenvalue weighted by Crippen LogP contribution is 2.41. The summed E-state index contributed by atoms with van der Waals surface area (Å²) in [6, 6.07) is 0.882. The predicted molar refractivity (Wildman–Crippen MR) is 143 cm³/mol. The molecule has 2 aliphatic rings. The SMILES string of the molecule is Cn1c(SCC2=C(C(=O)O)N3C(=O)[C@@H](NC(=O)C(=NOC(C)(C)C(=O)O)c4csc(N)n4)[C@H]3SC2)cc[n+]1C. The molecule has 5 N–H and O–H groups in total. The van der Waals surface area contributed by atoms with Gasteiger partial charge in [-0.05, 0) is 19.4 Å². The van der Waals surface area contributed by atoms with Crippen LogP contribution in [0.5, 0.6) is 0 Å². The van der Waals surface area contributed by atoms with Gasteiger partial charge in [-0.3, -0.25) is 14.5 Å². The van der Waals surface area contributed by atoms with E-state index in [0.29, 0.717) is 17.1 Å². The number of nitrogens with two attached hydrogens (primary N) is 1. The molecular formula is C22H26N7O7S3+. The number of aromatic nitrogens is 3. The Kier molecular flexibility index (Phi) is 7.94. The number of anilines is 1. The summed E-state index contributed by atoms with van der Waals surface area (Å²) in [7, 11) is 3.77. The second-order valence-electron chi connectivity index (χ2n) is 9.08. The number of nitrogens with one attached hydrogen (secondary N) is 1. The molecule has 2 aromatic rings. The summed E-state index contributed by atoms with van der Waals surface area (Å²) < 4.78 is 3.80. The minimum absolute atomic E-state index is 0.0376. The number of thiazole rings is 1. The molecule has 0 saturated carbocycles. The first kappa shape index (κ1) is 28.4. The molecular weight excluding hydrogens is 570 g/mol. The van der Waals surface area contributed by atoms with E-state index in [-0.39, 0.29) is 22.2 Å². The third kappa shape index (κ3) is 5.60. The maximum atomic E-state index is 13.2. The molecule has 4 heterocycles. The van der Waals surface area contributed by atoms with E-state index < -0.39 is 40.8 Å². The lowest BCUT2D eigenvalue weighted by molar-refractivity contribution is -0.754. The Labute approximate surface area is 234 Å². The van der Waals surface area contributed by atoms with Crippen LogP contribution in [0.4, 0.5) is 5.13 Å². The standard InChI is InChI=1S/C22H25N7O7S3/c1-22(2,20(34)35)36-26-13(11-9-39-21(23)24-11)16(30)25-14-17(31)29-15(19(32)33)10(8-38-18(14)29)7-37-12-5-6-27(3)28(12)4/h5-6,9,14,18H,7-8H2,1-4H3,(H4-,23,24,25,30,32,33,34,35)/p+1/t14-,18-/m1/s1. The number of nitrogen functional groups attached to an aromatic ring is 1. The molecule has 39 heavy (non-hydrogen) atoms. The predicted octanol–water partition coefficient (Wildman–Crippen LogP) is 0.00310. The molecule has 2 aliphatic heterocycles. The Morgan fingerprint density at radius 3 is 2.67 bits per heavy atom. The van der Waals surface area contributed by atoms with Crippen molar-refractivity contribution < 1.29 is 38.9 Å². The zero-order chi connectivity index (χ0) is 28.6. The van der Waals surface area contributed by atoms with Crippen molar-refractivity contribution in [3.05, 3.63) is 34.6 Å². The second kappa shape index (κ2) is 10.9. The molecule has 14 nitrogen and oxygen atoms in total. The maximum absolute atomic E-state index is 13.2. The molecule has 0 unspecified atom stereocenters. The van der Waals surface area contributed by atoms with E-state index >= 15 is 0 Å². The van der Waals surface area contributed by atoms with Crippen molar-refractivity contribution in [2.45, 2.75) is 35.9 Å². The summed E-state index contributed by atoms with van der Waals surface area (Å²) in [5, 5.41) is 27.4. The lowest BCUT2D eigenvalue weighted by Crippen LogP contribution is -2.71. The highest BCUT2D eigenvalue weighted by molar-refractivity contribution is 8.01. The van der Waals surface area contributed by atoms with E-state index in [1.807, 2.05) is 35.7 Å². The number of carboxylic acid groups (broad SMARTS) is 2. The molecule has 2 atom stereocenters. The van der Waals surface area contributed by atoms with Crippen molar-refractivity contribution in [3.63, 3.8) is 0 Å². The fraction of sp³-hybridized carbons (Fsp3) is 0.409. The van der Waals surface area contributed by atoms with Crippen LogP contribution in [0, 0.1) is 0 Å². The summed E-state index contributed by atoms with van der Waals surface area (Å²) in [6.07, 6.45) is 1.89. The number of oxime groups is 1. The number of hydrogen-bond acceptors (Lipinski definition) is 11. The van der Waals surface area contributed by atoms with Gasteiger partial charge in [0.05, 0.1) is 7.05 Å². The second-order valence-corrected chi connectivity index (χ2v) is 12.1. The first-order valence-electron chi connectivity index (χ1n) is 11.4. The molecule has 2 amide bonds. The Bertz CT molecular complexity index is 1410. The van der Waals surface area contributed by atoms with Crippen LogP contribution in [0.3, 0.4) is 0 Å². The van der Waals surface area contributed by atoms with Gasteiger partial charge in [0.2, 0.25) is 5.60 Å². The fourth-order valence-electron chi connectivity index (χ4n) is 3.64. The van der Waals surface area contributed by atoms with Gasteiger partial charge in [-0.15, -0.1) is 27.8 Å². The van der Waals surface area contributed by atoms with Crippen molar-refractivity contribution >= 4 is 69.5 Å². The number of thioether (sulfide) groups is 2. The number of β-lactam (4-membered cyclic amide) rings is 1. The lowest BCUT2D eigenvalue weighted by Gasteiger charge is -2.49. The van der Waals surface area contributed by atoms with Gasteiger partial charge in [-0.1, -0.05) is 16.9 Å². The van der Waals surface area contributed by atoms with Crippen LogP contribution in [-0.4, -0.2) is 82.8 Å². The van der Waals surface area contributed by atoms with Crippen LogP contribution in [-0.2, 0) is 38.1 Å². The van der Waals surface area contributed by atoms with Crippen molar-refractivity contribution in [1.82, 2.24) is 19.9 Å². The monoisotopic (exact) mass is 596 g/mol. The number of amides is 2. The Balaban J connectivity index is 1.52. The van der Waals surface area contributed by atoms with Crippen LogP contribution in [0.2, 0.25) is 0 Å². The average Bonchev–Trinajstić information content (AvgIpc) is 3.45. The van der Waals surface area contributed by atoms with Crippen molar-refractivity contribution in [2.75, 3.05) is 17.2 Å². The van der Waals surface area contributed by atoms with Crippen LogP contribution >= 0.6 is 34.9 Å². The van der Waals surface area contributed by atoms with Gasteiger partial charge in [0.1, 0.15) is 27.8 Å². The topological polar surface area (TPSA) is 193 Å². The Morgan fingerprint density at radius 2 is 2.10 bits per heavy atom. The van der Waals surface area contributed by atoms with Crippen molar-refractivity contribution in [3.8, 4) is 0 Å². The number of fused-ring (bicyclic) bond motifs is 1. The van der Waals surface area contributed by atoms with E-state index in [9.17, 15) is 29.4 Å². The molecule has 0 radical (unpaired) electrons. The van der Waals surface area contributed by atoms with Crippen LogP contribution in [0.25, 0.3) is 0 Å². The highest BCUT2D eigenvalue weighted by Gasteiger charge is 2.54. The lowest BCUT2D eigenvalue weighted by atomic mass is 10.0. The number of carbonyl (C=O) groups excluding carboxylic acids is 2. The summed E-state index contributed by atoms with van der Waals surface area (Å²) in [5.41, 5.74) is 4.11. The minimum Gasteiger partial charge on any atom is -0.478 e. The molecule has 1 saturated heterocycles. The Morgan fingerprint density at radius 1 is 1.38 bits per heavy atom. The van der Waals surface area contributed by atoms with Crippen LogP contribution in [0.15, 0.2) is 39.1 Å². The number of carboxylic acids is 2. The van der Waals surface area contributed by atoms with Gasteiger partial charge in [0, 0.05) is 23.0 Å². The molecule has 0 aliphatic carbocycles.